The second-order valence-electron chi connectivity index (χ2n) is 5.76. The lowest BCUT2D eigenvalue weighted by Gasteiger charge is -2.30. The van der Waals surface area contributed by atoms with Crippen molar-refractivity contribution in [3.8, 4) is 0 Å². The fourth-order valence-electron chi connectivity index (χ4n) is 2.00. The number of ether oxygens (including phenoxy) is 2. The maximum atomic E-state index is 11.8. The lowest BCUT2D eigenvalue weighted by Crippen LogP contribution is -2.45. The van der Waals surface area contributed by atoms with Gasteiger partial charge in [-0.1, -0.05) is 20.3 Å². The molecule has 108 valence electrons. The van der Waals surface area contributed by atoms with Crippen LogP contribution in [-0.2, 0) is 14.3 Å². The van der Waals surface area contributed by atoms with Crippen molar-refractivity contribution in [2.45, 2.75) is 65.2 Å². The molecule has 0 aromatic carbocycles. The molecule has 0 fully saturated rings. The Kier molecular flexibility index (Phi) is 7.48. The summed E-state index contributed by atoms with van der Waals surface area (Å²) in [7, 11) is 3.54. The van der Waals surface area contributed by atoms with Crippen LogP contribution in [0.4, 0.5) is 0 Å². The van der Waals surface area contributed by atoms with Crippen LogP contribution < -0.4 is 5.32 Å². The van der Waals surface area contributed by atoms with Gasteiger partial charge in [0.15, 0.2) is 0 Å². The monoisotopic (exact) mass is 259 g/mol. The van der Waals surface area contributed by atoms with Gasteiger partial charge in [0.1, 0.15) is 5.60 Å². The molecule has 0 unspecified atom stereocenters. The van der Waals surface area contributed by atoms with Gasteiger partial charge in [-0.05, 0) is 33.7 Å². The minimum Gasteiger partial charge on any atom is -0.460 e. The number of methoxy groups -OCH3 is 1. The number of esters is 1. The van der Waals surface area contributed by atoms with Gasteiger partial charge in [-0.15, -0.1) is 0 Å². The van der Waals surface area contributed by atoms with Gasteiger partial charge in [-0.3, -0.25) is 4.79 Å². The van der Waals surface area contributed by atoms with Crippen molar-refractivity contribution < 1.29 is 14.3 Å². The largest absolute Gasteiger partial charge is 0.460 e. The molecular weight excluding hydrogens is 230 g/mol. The third-order valence-corrected chi connectivity index (χ3v) is 3.08. The van der Waals surface area contributed by atoms with Gasteiger partial charge in [0.2, 0.25) is 0 Å². The normalized spacial score (nSPS) is 17.1. The number of hydrogen-bond acceptors (Lipinski definition) is 4. The molecule has 0 radical (unpaired) electrons. The van der Waals surface area contributed by atoms with Crippen molar-refractivity contribution in [1.82, 2.24) is 5.32 Å². The fourth-order valence-corrected chi connectivity index (χ4v) is 2.00. The Labute approximate surface area is 111 Å². The minimum absolute atomic E-state index is 0.153. The third-order valence-electron chi connectivity index (χ3n) is 3.08. The first-order chi connectivity index (χ1) is 8.25. The van der Waals surface area contributed by atoms with Crippen LogP contribution in [0.3, 0.4) is 0 Å². The van der Waals surface area contributed by atoms with Crippen LogP contribution in [0.5, 0.6) is 0 Å². The zero-order valence-corrected chi connectivity index (χ0v) is 12.9. The average Bonchev–Trinajstić information content (AvgIpc) is 2.25. The minimum atomic E-state index is -0.444. The lowest BCUT2D eigenvalue weighted by molar-refractivity contribution is -0.158. The van der Waals surface area contributed by atoms with E-state index in [0.29, 0.717) is 5.92 Å². The maximum absolute atomic E-state index is 11.8. The summed E-state index contributed by atoms with van der Waals surface area (Å²) in [6.07, 6.45) is 1.17. The molecule has 0 bridgehead atoms. The molecule has 0 aromatic rings. The molecule has 4 heteroatoms. The Morgan fingerprint density at radius 2 is 1.89 bits per heavy atom. The number of hydrogen-bond donors (Lipinski definition) is 1. The van der Waals surface area contributed by atoms with Crippen LogP contribution in [0.15, 0.2) is 0 Å². The molecular formula is C14H29NO3. The molecule has 0 aromatic heterocycles. The Balaban J connectivity index is 4.53. The average molecular weight is 259 g/mol. The smallest absolute Gasteiger partial charge is 0.309 e. The Hall–Kier alpha value is -0.610. The van der Waals surface area contributed by atoms with E-state index in [2.05, 4.69) is 19.2 Å². The van der Waals surface area contributed by atoms with Gasteiger partial charge in [-0.2, -0.15) is 0 Å². The van der Waals surface area contributed by atoms with Crippen LogP contribution in [0, 0.1) is 5.92 Å². The summed E-state index contributed by atoms with van der Waals surface area (Å²) >= 11 is 0. The van der Waals surface area contributed by atoms with Crippen molar-refractivity contribution in [2.24, 2.45) is 5.92 Å². The molecule has 0 spiro atoms. The van der Waals surface area contributed by atoms with Gasteiger partial charge in [0, 0.05) is 13.2 Å². The molecule has 0 aliphatic heterocycles. The van der Waals surface area contributed by atoms with E-state index in [-0.39, 0.29) is 24.5 Å². The van der Waals surface area contributed by atoms with Crippen molar-refractivity contribution in [2.75, 3.05) is 14.2 Å². The van der Waals surface area contributed by atoms with E-state index in [1.54, 1.807) is 7.11 Å². The van der Waals surface area contributed by atoms with Crippen molar-refractivity contribution in [3.63, 3.8) is 0 Å². The fraction of sp³-hybridized carbons (Fsp3) is 0.929. The van der Waals surface area contributed by atoms with Gasteiger partial charge in [0.25, 0.3) is 0 Å². The maximum Gasteiger partial charge on any atom is 0.309 e. The topological polar surface area (TPSA) is 47.6 Å². The number of carbonyl (C=O) groups excluding carboxylic acids is 1. The summed E-state index contributed by atoms with van der Waals surface area (Å²) < 4.78 is 10.8. The number of nitrogens with one attached hydrogen (secondary N) is 1. The first kappa shape index (κ1) is 17.4. The summed E-state index contributed by atoms with van der Waals surface area (Å²) in [5, 5.41) is 3.24. The summed E-state index contributed by atoms with van der Waals surface area (Å²) in [6.45, 7) is 9.91. The van der Waals surface area contributed by atoms with E-state index in [0.717, 1.165) is 6.42 Å². The first-order valence-electron chi connectivity index (χ1n) is 6.67. The van der Waals surface area contributed by atoms with Gasteiger partial charge >= 0.3 is 5.97 Å². The standard InChI is InChI=1S/C14H29NO3/c1-8-10(2)13(15-6)11(17-7)9-12(16)18-14(3,4)5/h10-11,13,15H,8-9H2,1-7H3/t10-,11+,13+/m0/s1. The van der Waals surface area contributed by atoms with Crippen LogP contribution in [0.1, 0.15) is 47.5 Å². The number of rotatable bonds is 7. The predicted octanol–water partition coefficient (Wildman–Crippen LogP) is 2.37. The molecule has 3 atom stereocenters. The molecule has 0 aliphatic rings. The third kappa shape index (κ3) is 6.36. The number of carbonyl (C=O) groups is 1. The Bertz CT molecular complexity index is 248. The highest BCUT2D eigenvalue weighted by molar-refractivity contribution is 5.70. The summed E-state index contributed by atoms with van der Waals surface area (Å²) in [5.74, 6) is 0.236. The van der Waals surface area contributed by atoms with Crippen LogP contribution in [-0.4, -0.2) is 37.9 Å². The van der Waals surface area contributed by atoms with E-state index in [1.807, 2.05) is 27.8 Å². The second kappa shape index (κ2) is 7.74. The predicted molar refractivity (Wildman–Crippen MR) is 73.6 cm³/mol. The summed E-state index contributed by atoms with van der Waals surface area (Å²) in [6, 6.07) is 0.160. The Morgan fingerprint density at radius 1 is 1.33 bits per heavy atom. The summed E-state index contributed by atoms with van der Waals surface area (Å²) in [5.41, 5.74) is -0.444. The van der Waals surface area contributed by atoms with Crippen LogP contribution >= 0.6 is 0 Å². The highest BCUT2D eigenvalue weighted by Crippen LogP contribution is 2.18. The second-order valence-corrected chi connectivity index (χ2v) is 5.76. The van der Waals surface area contributed by atoms with Gasteiger partial charge < -0.3 is 14.8 Å². The molecule has 18 heavy (non-hydrogen) atoms. The molecule has 0 saturated carbocycles. The van der Waals surface area contributed by atoms with Gasteiger partial charge in [-0.25, -0.2) is 0 Å². The quantitative estimate of drug-likeness (QED) is 0.713. The van der Waals surface area contributed by atoms with E-state index < -0.39 is 5.60 Å². The van der Waals surface area contributed by atoms with E-state index >= 15 is 0 Å². The first-order valence-corrected chi connectivity index (χ1v) is 6.67. The van der Waals surface area contributed by atoms with Crippen LogP contribution in [0.25, 0.3) is 0 Å². The van der Waals surface area contributed by atoms with Crippen LogP contribution in [0.2, 0.25) is 0 Å². The molecule has 0 amide bonds. The van der Waals surface area contributed by atoms with Crippen molar-refractivity contribution >= 4 is 5.97 Å². The lowest BCUT2D eigenvalue weighted by atomic mass is 9.92. The van der Waals surface area contributed by atoms with Crippen molar-refractivity contribution in [3.05, 3.63) is 0 Å². The zero-order chi connectivity index (χ0) is 14.3. The van der Waals surface area contributed by atoms with E-state index in [9.17, 15) is 4.79 Å². The number of likely N-dealkylation sites (N-methyl/N-ethyl adjacent to an activating group) is 1. The molecule has 0 rings (SSSR count). The molecule has 0 heterocycles. The van der Waals surface area contributed by atoms with E-state index in [4.69, 9.17) is 9.47 Å². The zero-order valence-electron chi connectivity index (χ0n) is 12.9. The SMILES string of the molecule is CC[C@H](C)[C@@H](NC)[C@@H](CC(=O)OC(C)(C)C)OC. The molecule has 4 nitrogen and oxygen atoms in total. The highest BCUT2D eigenvalue weighted by atomic mass is 16.6. The Morgan fingerprint density at radius 3 is 2.22 bits per heavy atom. The van der Waals surface area contributed by atoms with Crippen molar-refractivity contribution in [1.29, 1.82) is 0 Å². The molecule has 1 N–H and O–H groups in total. The molecule has 0 aliphatic carbocycles. The van der Waals surface area contributed by atoms with E-state index in [1.165, 1.54) is 0 Å². The highest BCUT2D eigenvalue weighted by Gasteiger charge is 2.28. The van der Waals surface area contributed by atoms with Gasteiger partial charge in [0.05, 0.1) is 12.5 Å². The molecule has 0 saturated heterocycles. The summed E-state index contributed by atoms with van der Waals surface area (Å²) in [4.78, 5) is 11.8.